The van der Waals surface area contributed by atoms with Crippen LogP contribution in [0, 0.1) is 13.8 Å². The van der Waals surface area contributed by atoms with Crippen LogP contribution < -0.4 is 0 Å². The molecule has 3 nitrogen and oxygen atoms in total. The monoisotopic (exact) mass is 352 g/mol. The normalized spacial score (nSPS) is 16.4. The molecule has 1 aromatic carbocycles. The van der Waals surface area contributed by atoms with Crippen molar-refractivity contribution in [3.8, 4) is 10.8 Å². The molecule has 1 aliphatic rings. The number of oxazole rings is 1. The van der Waals surface area contributed by atoms with Gasteiger partial charge in [-0.05, 0) is 68.3 Å². The second kappa shape index (κ2) is 7.14. The average molecular weight is 353 g/mol. The number of aromatic nitrogens is 1. The third-order valence-corrected chi connectivity index (χ3v) is 6.19. The van der Waals surface area contributed by atoms with Gasteiger partial charge in [-0.1, -0.05) is 30.3 Å². The van der Waals surface area contributed by atoms with Crippen LogP contribution >= 0.6 is 11.3 Å². The van der Waals surface area contributed by atoms with Crippen molar-refractivity contribution in [1.82, 2.24) is 9.88 Å². The zero-order chi connectivity index (χ0) is 17.2. The number of hydrogen-bond donors (Lipinski definition) is 0. The summed E-state index contributed by atoms with van der Waals surface area (Å²) in [4.78, 5) is 8.45. The SMILES string of the molecule is Cc1ccsc1-c1nc(CN2CCC(c3ccccc3)CC2)c(C)o1. The summed E-state index contributed by atoms with van der Waals surface area (Å²) in [6.07, 6.45) is 2.44. The summed E-state index contributed by atoms with van der Waals surface area (Å²) in [5.41, 5.74) is 3.80. The molecule has 1 fully saturated rings. The molecule has 3 aromatic rings. The quantitative estimate of drug-likeness (QED) is 0.629. The minimum absolute atomic E-state index is 0.695. The number of nitrogens with zero attached hydrogens (tertiary/aromatic N) is 2. The van der Waals surface area contributed by atoms with E-state index in [0.29, 0.717) is 5.92 Å². The molecule has 0 aliphatic carbocycles. The predicted molar refractivity (Wildman–Crippen MR) is 103 cm³/mol. The molecule has 0 bridgehead atoms. The Bertz CT molecular complexity index is 829. The molecule has 0 atom stereocenters. The maximum absolute atomic E-state index is 5.94. The van der Waals surface area contributed by atoms with E-state index in [1.165, 1.54) is 24.0 Å². The number of benzene rings is 1. The summed E-state index contributed by atoms with van der Waals surface area (Å²) in [7, 11) is 0. The fourth-order valence-corrected chi connectivity index (χ4v) is 4.48. The summed E-state index contributed by atoms with van der Waals surface area (Å²) < 4.78 is 5.94. The second-order valence-corrected chi connectivity index (χ2v) is 7.83. The molecular weight excluding hydrogens is 328 g/mol. The zero-order valence-electron chi connectivity index (χ0n) is 14.9. The van der Waals surface area contributed by atoms with E-state index in [4.69, 9.17) is 9.40 Å². The minimum atomic E-state index is 0.695. The van der Waals surface area contributed by atoms with Crippen LogP contribution in [0.3, 0.4) is 0 Å². The molecule has 0 spiro atoms. The van der Waals surface area contributed by atoms with Crippen LogP contribution in [-0.4, -0.2) is 23.0 Å². The highest BCUT2D eigenvalue weighted by atomic mass is 32.1. The second-order valence-electron chi connectivity index (χ2n) is 6.92. The van der Waals surface area contributed by atoms with Crippen LogP contribution in [-0.2, 0) is 6.54 Å². The van der Waals surface area contributed by atoms with E-state index in [9.17, 15) is 0 Å². The lowest BCUT2D eigenvalue weighted by Crippen LogP contribution is -2.32. The standard InChI is InChI=1S/C21H24N2OS/c1-15-10-13-25-20(15)21-22-19(16(2)24-21)14-23-11-8-18(9-12-23)17-6-4-3-5-7-17/h3-7,10,13,18H,8-9,11-12,14H2,1-2H3. The average Bonchev–Trinajstić information content (AvgIpc) is 3.22. The third kappa shape index (κ3) is 3.55. The smallest absolute Gasteiger partial charge is 0.237 e. The lowest BCUT2D eigenvalue weighted by atomic mass is 9.89. The maximum atomic E-state index is 5.94. The van der Waals surface area contributed by atoms with Gasteiger partial charge in [0.1, 0.15) is 5.76 Å². The van der Waals surface area contributed by atoms with Gasteiger partial charge in [0, 0.05) is 6.54 Å². The summed E-state index contributed by atoms with van der Waals surface area (Å²) >= 11 is 1.70. The van der Waals surface area contributed by atoms with E-state index in [0.717, 1.165) is 41.9 Å². The van der Waals surface area contributed by atoms with Gasteiger partial charge in [-0.2, -0.15) is 0 Å². The number of thiophene rings is 1. The van der Waals surface area contributed by atoms with Gasteiger partial charge in [0.05, 0.1) is 10.6 Å². The van der Waals surface area contributed by atoms with Gasteiger partial charge in [0.15, 0.2) is 0 Å². The molecule has 3 heterocycles. The Morgan fingerprint density at radius 2 is 1.88 bits per heavy atom. The van der Waals surface area contributed by atoms with Gasteiger partial charge in [-0.15, -0.1) is 11.3 Å². The van der Waals surface area contributed by atoms with Crippen LogP contribution in [0.1, 0.15) is 41.3 Å². The molecule has 1 saturated heterocycles. The van der Waals surface area contributed by atoms with E-state index in [1.54, 1.807) is 11.3 Å². The summed E-state index contributed by atoms with van der Waals surface area (Å²) in [5, 5.41) is 2.10. The molecule has 0 saturated carbocycles. The van der Waals surface area contributed by atoms with Crippen molar-refractivity contribution in [2.24, 2.45) is 0 Å². The Balaban J connectivity index is 1.41. The number of hydrogen-bond acceptors (Lipinski definition) is 4. The number of rotatable bonds is 4. The highest BCUT2D eigenvalue weighted by Gasteiger charge is 2.22. The molecule has 4 rings (SSSR count). The van der Waals surface area contributed by atoms with E-state index < -0.39 is 0 Å². The van der Waals surface area contributed by atoms with Crippen LogP contribution in [0.25, 0.3) is 10.8 Å². The summed E-state index contributed by atoms with van der Waals surface area (Å²) in [5.74, 6) is 2.42. The Morgan fingerprint density at radius 1 is 1.12 bits per heavy atom. The largest absolute Gasteiger partial charge is 0.440 e. The van der Waals surface area contributed by atoms with E-state index >= 15 is 0 Å². The van der Waals surface area contributed by atoms with Crippen LogP contribution in [0.4, 0.5) is 0 Å². The van der Waals surface area contributed by atoms with E-state index in [1.807, 2.05) is 6.92 Å². The van der Waals surface area contributed by atoms with E-state index in [-0.39, 0.29) is 0 Å². The summed E-state index contributed by atoms with van der Waals surface area (Å²) in [6, 6.07) is 13.0. The molecule has 25 heavy (non-hydrogen) atoms. The van der Waals surface area contributed by atoms with Crippen molar-refractivity contribution in [2.75, 3.05) is 13.1 Å². The molecule has 0 N–H and O–H groups in total. The first-order valence-electron chi connectivity index (χ1n) is 8.99. The first kappa shape index (κ1) is 16.6. The Morgan fingerprint density at radius 3 is 2.56 bits per heavy atom. The molecule has 0 amide bonds. The Labute approximate surface area is 153 Å². The molecule has 1 aliphatic heterocycles. The van der Waals surface area contributed by atoms with Gasteiger partial charge >= 0.3 is 0 Å². The molecule has 4 heteroatoms. The Kier molecular flexibility index (Phi) is 4.73. The van der Waals surface area contributed by atoms with Crippen LogP contribution in [0.15, 0.2) is 46.2 Å². The Hall–Kier alpha value is -1.91. The predicted octanol–water partition coefficient (Wildman–Crippen LogP) is 5.40. The van der Waals surface area contributed by atoms with Gasteiger partial charge in [0.2, 0.25) is 5.89 Å². The zero-order valence-corrected chi connectivity index (χ0v) is 15.7. The number of aryl methyl sites for hydroxylation is 2. The molecule has 130 valence electrons. The highest BCUT2D eigenvalue weighted by Crippen LogP contribution is 2.31. The first-order valence-corrected chi connectivity index (χ1v) is 9.87. The molecular formula is C21H24N2OS. The topological polar surface area (TPSA) is 29.3 Å². The van der Waals surface area contributed by atoms with Gasteiger partial charge < -0.3 is 4.42 Å². The minimum Gasteiger partial charge on any atom is -0.440 e. The number of likely N-dealkylation sites (tertiary alicyclic amines) is 1. The van der Waals surface area contributed by atoms with Crippen LogP contribution in [0.2, 0.25) is 0 Å². The van der Waals surface area contributed by atoms with Crippen molar-refractivity contribution in [3.63, 3.8) is 0 Å². The fraction of sp³-hybridized carbons (Fsp3) is 0.381. The molecule has 0 unspecified atom stereocenters. The molecule has 2 aromatic heterocycles. The van der Waals surface area contributed by atoms with Crippen LogP contribution in [0.5, 0.6) is 0 Å². The summed E-state index contributed by atoms with van der Waals surface area (Å²) in [6.45, 7) is 7.28. The first-order chi connectivity index (χ1) is 12.2. The van der Waals surface area contributed by atoms with Crippen molar-refractivity contribution in [2.45, 2.75) is 39.2 Å². The van der Waals surface area contributed by atoms with Gasteiger partial charge in [-0.25, -0.2) is 4.98 Å². The maximum Gasteiger partial charge on any atom is 0.237 e. The van der Waals surface area contributed by atoms with Gasteiger partial charge in [-0.3, -0.25) is 4.90 Å². The van der Waals surface area contributed by atoms with Crippen molar-refractivity contribution < 1.29 is 4.42 Å². The van der Waals surface area contributed by atoms with Crippen molar-refractivity contribution in [3.05, 3.63) is 64.4 Å². The van der Waals surface area contributed by atoms with Gasteiger partial charge in [0.25, 0.3) is 0 Å². The fourth-order valence-electron chi connectivity index (χ4n) is 3.63. The third-order valence-electron chi connectivity index (χ3n) is 5.18. The molecule has 0 radical (unpaired) electrons. The lowest BCUT2D eigenvalue weighted by Gasteiger charge is -2.31. The van der Waals surface area contributed by atoms with E-state index in [2.05, 4.69) is 53.6 Å². The van der Waals surface area contributed by atoms with Crippen molar-refractivity contribution >= 4 is 11.3 Å². The highest BCUT2D eigenvalue weighted by molar-refractivity contribution is 7.13. The number of piperidine rings is 1. The van der Waals surface area contributed by atoms with Crippen molar-refractivity contribution in [1.29, 1.82) is 0 Å². The lowest BCUT2D eigenvalue weighted by molar-refractivity contribution is 0.202.